The van der Waals surface area contributed by atoms with Crippen molar-refractivity contribution in [3.8, 4) is 46.7 Å². The fourth-order valence-electron chi connectivity index (χ4n) is 5.56. The Morgan fingerprint density at radius 3 is 1.46 bits per heavy atom. The van der Waals surface area contributed by atoms with Crippen LogP contribution in [0.4, 0.5) is 11.4 Å². The minimum absolute atomic E-state index is 0.183. The van der Waals surface area contributed by atoms with E-state index >= 15 is 0 Å². The Balaban J connectivity index is 1.32. The molecule has 2 aliphatic rings. The van der Waals surface area contributed by atoms with Crippen LogP contribution in [0.5, 0.6) is 23.0 Å². The predicted octanol–water partition coefficient (Wildman–Crippen LogP) is 5.22. The molecule has 4 aromatic carbocycles. The lowest BCUT2D eigenvalue weighted by molar-refractivity contribution is 0.403. The second-order valence-electron chi connectivity index (χ2n) is 9.99. The molecule has 0 spiro atoms. The van der Waals surface area contributed by atoms with Crippen LogP contribution < -0.4 is 9.80 Å². The van der Waals surface area contributed by atoms with E-state index in [2.05, 4.69) is 71.6 Å². The zero-order valence-corrected chi connectivity index (χ0v) is 21.6. The van der Waals surface area contributed by atoms with Gasteiger partial charge in [-0.2, -0.15) is 0 Å². The van der Waals surface area contributed by atoms with Crippen molar-refractivity contribution in [2.45, 2.75) is 26.9 Å². The lowest BCUT2D eigenvalue weighted by Crippen LogP contribution is -2.46. The SMILES string of the molecule is Cc1cc(C#Cc2cccc(O)c2O)cc2c1N1Cc3cc(C#Cc4cccc(O)c4O)cc(C)c3N(C2)C1. The van der Waals surface area contributed by atoms with Crippen LogP contribution >= 0.6 is 0 Å². The number of phenols is 4. The van der Waals surface area contributed by atoms with Crippen molar-refractivity contribution in [1.82, 2.24) is 0 Å². The van der Waals surface area contributed by atoms with E-state index in [1.165, 1.54) is 34.6 Å². The first-order chi connectivity index (χ1) is 18.8. The second kappa shape index (κ2) is 9.28. The van der Waals surface area contributed by atoms with Gasteiger partial charge in [0.25, 0.3) is 0 Å². The third-order valence-electron chi connectivity index (χ3n) is 7.17. The van der Waals surface area contributed by atoms with Gasteiger partial charge in [-0.1, -0.05) is 35.8 Å². The summed E-state index contributed by atoms with van der Waals surface area (Å²) in [6, 6.07) is 17.9. The lowest BCUT2D eigenvalue weighted by atomic mass is 9.94. The summed E-state index contributed by atoms with van der Waals surface area (Å²) in [4.78, 5) is 4.74. The van der Waals surface area contributed by atoms with Gasteiger partial charge in [0.1, 0.15) is 0 Å². The highest BCUT2D eigenvalue weighted by molar-refractivity contribution is 5.74. The first-order valence-corrected chi connectivity index (χ1v) is 12.6. The van der Waals surface area contributed by atoms with Crippen LogP contribution in [0.2, 0.25) is 0 Å². The van der Waals surface area contributed by atoms with Gasteiger partial charge < -0.3 is 30.2 Å². The number of para-hydroxylation sites is 2. The van der Waals surface area contributed by atoms with E-state index in [1.54, 1.807) is 24.3 Å². The maximum absolute atomic E-state index is 10.1. The number of hydrogen-bond donors (Lipinski definition) is 4. The van der Waals surface area contributed by atoms with Gasteiger partial charge >= 0.3 is 0 Å². The molecule has 0 unspecified atom stereocenters. The largest absolute Gasteiger partial charge is 0.504 e. The molecule has 6 heteroatoms. The molecule has 4 aromatic rings. The molecule has 39 heavy (non-hydrogen) atoms. The number of anilines is 2. The third-order valence-corrected chi connectivity index (χ3v) is 7.17. The molecular formula is C33H26N2O4. The molecule has 0 saturated heterocycles. The molecule has 0 radical (unpaired) electrons. The van der Waals surface area contributed by atoms with Crippen LogP contribution in [0, 0.1) is 37.5 Å². The van der Waals surface area contributed by atoms with Crippen LogP contribution in [0.15, 0.2) is 60.7 Å². The summed E-state index contributed by atoms with van der Waals surface area (Å²) in [6.07, 6.45) is 0. The van der Waals surface area contributed by atoms with Crippen molar-refractivity contribution in [2.75, 3.05) is 16.5 Å². The first-order valence-electron chi connectivity index (χ1n) is 12.6. The van der Waals surface area contributed by atoms with Crippen molar-refractivity contribution in [3.63, 3.8) is 0 Å². The summed E-state index contributed by atoms with van der Waals surface area (Å²) < 4.78 is 0. The van der Waals surface area contributed by atoms with Crippen molar-refractivity contribution in [3.05, 3.63) is 105 Å². The van der Waals surface area contributed by atoms with Gasteiger partial charge in [-0.3, -0.25) is 0 Å². The maximum atomic E-state index is 10.1. The number of aryl methyl sites for hydroxylation is 2. The highest BCUT2D eigenvalue weighted by Gasteiger charge is 2.31. The average molecular weight is 515 g/mol. The highest BCUT2D eigenvalue weighted by atomic mass is 16.3. The summed E-state index contributed by atoms with van der Waals surface area (Å²) in [7, 11) is 0. The quantitative estimate of drug-likeness (QED) is 0.190. The van der Waals surface area contributed by atoms with Crippen molar-refractivity contribution >= 4 is 11.4 Å². The van der Waals surface area contributed by atoms with Gasteiger partial charge in [0.05, 0.1) is 17.8 Å². The molecule has 6 rings (SSSR count). The molecule has 0 fully saturated rings. The molecule has 2 bridgehead atoms. The molecule has 0 aliphatic carbocycles. The number of aromatic hydroxyl groups is 4. The lowest BCUT2D eigenvalue weighted by Gasteiger charge is -2.46. The van der Waals surface area contributed by atoms with E-state index in [1.807, 2.05) is 0 Å². The van der Waals surface area contributed by atoms with Gasteiger partial charge in [-0.05, 0) is 84.6 Å². The smallest absolute Gasteiger partial charge is 0.173 e. The van der Waals surface area contributed by atoms with Crippen LogP contribution in [0.3, 0.4) is 0 Å². The van der Waals surface area contributed by atoms with E-state index < -0.39 is 0 Å². The van der Waals surface area contributed by atoms with Crippen molar-refractivity contribution in [1.29, 1.82) is 0 Å². The van der Waals surface area contributed by atoms with Crippen molar-refractivity contribution < 1.29 is 20.4 Å². The summed E-state index contributed by atoms with van der Waals surface area (Å²) >= 11 is 0. The van der Waals surface area contributed by atoms with Gasteiger partial charge in [-0.15, -0.1) is 0 Å². The summed E-state index contributed by atoms with van der Waals surface area (Å²) in [5.41, 5.74) is 9.55. The van der Waals surface area contributed by atoms with Crippen LogP contribution in [-0.4, -0.2) is 27.1 Å². The molecule has 2 heterocycles. The maximum Gasteiger partial charge on any atom is 0.173 e. The predicted molar refractivity (Wildman–Crippen MR) is 151 cm³/mol. The number of hydrogen-bond acceptors (Lipinski definition) is 6. The summed E-state index contributed by atoms with van der Waals surface area (Å²) in [5.74, 6) is 11.5. The number of benzene rings is 4. The normalized spacial score (nSPS) is 13.0. The minimum Gasteiger partial charge on any atom is -0.504 e. The number of fused-ring (bicyclic) bond motifs is 6. The molecule has 192 valence electrons. The van der Waals surface area contributed by atoms with Gasteiger partial charge in [0, 0.05) is 35.6 Å². The fraction of sp³-hybridized carbons (Fsp3) is 0.152. The van der Waals surface area contributed by atoms with Crippen LogP contribution in [0.25, 0.3) is 0 Å². The molecular weight excluding hydrogens is 488 g/mol. The second-order valence-corrected chi connectivity index (χ2v) is 9.99. The van der Waals surface area contributed by atoms with E-state index in [4.69, 9.17) is 0 Å². The van der Waals surface area contributed by atoms with E-state index in [0.717, 1.165) is 42.0 Å². The number of phenolic OH excluding ortho intramolecular Hbond substituents is 4. The van der Waals surface area contributed by atoms with Crippen molar-refractivity contribution in [2.24, 2.45) is 0 Å². The van der Waals surface area contributed by atoms with E-state index in [-0.39, 0.29) is 23.0 Å². The number of nitrogens with zero attached hydrogens (tertiary/aromatic N) is 2. The van der Waals surface area contributed by atoms with Gasteiger partial charge in [0.2, 0.25) is 0 Å². The Bertz CT molecular complexity index is 1650. The van der Waals surface area contributed by atoms with Crippen LogP contribution in [0.1, 0.15) is 44.5 Å². The highest BCUT2D eigenvalue weighted by Crippen LogP contribution is 2.42. The molecule has 0 atom stereocenters. The van der Waals surface area contributed by atoms with Crippen LogP contribution in [-0.2, 0) is 13.1 Å². The standard InChI is InChI=1S/C33H26N2O4/c1-20-13-22(9-11-24-5-3-7-28(36)32(24)38)15-26-17-35-19-34(30(20)26)18-27-16-23(14-21(2)31(27)35)10-12-25-6-4-8-29(37)33(25)39/h3-8,13-16,36-39H,17-19H2,1-2H3. The molecule has 2 aliphatic heterocycles. The topological polar surface area (TPSA) is 87.4 Å². The van der Waals surface area contributed by atoms with Gasteiger partial charge in [0.15, 0.2) is 23.0 Å². The van der Waals surface area contributed by atoms with Gasteiger partial charge in [-0.25, -0.2) is 0 Å². The first kappa shape index (κ1) is 24.2. The Morgan fingerprint density at radius 1 is 0.590 bits per heavy atom. The molecule has 0 aromatic heterocycles. The molecule has 6 nitrogen and oxygen atoms in total. The third kappa shape index (κ3) is 4.33. The molecule has 0 amide bonds. The molecule has 0 saturated carbocycles. The Morgan fingerprint density at radius 2 is 1.03 bits per heavy atom. The average Bonchev–Trinajstić information content (AvgIpc) is 2.89. The zero-order valence-electron chi connectivity index (χ0n) is 21.6. The minimum atomic E-state index is -0.207. The molecule has 4 N–H and O–H groups in total. The zero-order chi connectivity index (χ0) is 27.3. The Labute approximate surface area is 227 Å². The summed E-state index contributed by atoms with van der Waals surface area (Å²) in [6.45, 7) is 6.48. The Hall–Kier alpha value is -5.20. The van der Waals surface area contributed by atoms with E-state index in [0.29, 0.717) is 11.1 Å². The van der Waals surface area contributed by atoms with E-state index in [9.17, 15) is 20.4 Å². The Kier molecular flexibility index (Phi) is 5.74. The number of rotatable bonds is 0. The summed E-state index contributed by atoms with van der Waals surface area (Å²) in [5, 5.41) is 39.7. The fourth-order valence-corrected chi connectivity index (χ4v) is 5.56. The monoisotopic (exact) mass is 514 g/mol.